The van der Waals surface area contributed by atoms with Crippen LogP contribution in [0, 0.1) is 0 Å². The second-order valence-corrected chi connectivity index (χ2v) is 8.31. The molecular weight excluding hydrogens is 376 g/mol. The maximum Gasteiger partial charge on any atom is 0.410 e. The van der Waals surface area contributed by atoms with Crippen LogP contribution < -0.4 is 5.32 Å². The van der Waals surface area contributed by atoms with E-state index in [1.54, 1.807) is 20.8 Å². The number of ether oxygens (including phenoxy) is 3. The molecule has 1 N–H and O–H groups in total. The lowest BCUT2D eigenvalue weighted by atomic mass is 10.1. The van der Waals surface area contributed by atoms with Crippen LogP contribution in [0.2, 0.25) is 0 Å². The zero-order chi connectivity index (χ0) is 21.0. The normalized spacial score (nSPS) is 24.3. The molecule has 2 heterocycles. The standard InChI is InChI=1S/C21H28N2O6/c1-21(2,3)29-20(26)23-11-7-10-16(23)18(25)22-15-12-17(24)28-19(15)27-13-14-8-5-4-6-9-14/h4-6,8-9,15-16,19H,7,10-13H2,1-3H3,(H,22,25)/t15?,16?,19-/m1/s1. The highest BCUT2D eigenvalue weighted by molar-refractivity contribution is 5.87. The van der Waals surface area contributed by atoms with Crippen LogP contribution in [-0.2, 0) is 30.4 Å². The lowest BCUT2D eigenvalue weighted by Crippen LogP contribution is -2.51. The minimum Gasteiger partial charge on any atom is -0.444 e. The Morgan fingerprint density at radius 3 is 2.66 bits per heavy atom. The molecule has 158 valence electrons. The fourth-order valence-corrected chi connectivity index (χ4v) is 3.41. The molecule has 1 aromatic carbocycles. The topological polar surface area (TPSA) is 94.2 Å². The molecule has 1 aromatic rings. The summed E-state index contributed by atoms with van der Waals surface area (Å²) in [5.41, 5.74) is 0.301. The third kappa shape index (κ3) is 5.69. The molecule has 2 amide bonds. The monoisotopic (exact) mass is 404 g/mol. The average Bonchev–Trinajstić information content (AvgIpc) is 3.26. The van der Waals surface area contributed by atoms with Gasteiger partial charge in [0.05, 0.1) is 13.0 Å². The van der Waals surface area contributed by atoms with Crippen LogP contribution in [0.25, 0.3) is 0 Å². The maximum absolute atomic E-state index is 12.8. The Morgan fingerprint density at radius 2 is 1.97 bits per heavy atom. The van der Waals surface area contributed by atoms with Crippen LogP contribution in [-0.4, -0.2) is 53.4 Å². The third-order valence-corrected chi connectivity index (χ3v) is 4.73. The van der Waals surface area contributed by atoms with Gasteiger partial charge in [0.15, 0.2) is 0 Å². The zero-order valence-corrected chi connectivity index (χ0v) is 17.1. The van der Waals surface area contributed by atoms with Gasteiger partial charge < -0.3 is 19.5 Å². The number of hydrogen-bond acceptors (Lipinski definition) is 6. The van der Waals surface area contributed by atoms with Crippen LogP contribution in [0.4, 0.5) is 4.79 Å². The van der Waals surface area contributed by atoms with Gasteiger partial charge in [-0.25, -0.2) is 4.79 Å². The number of likely N-dealkylation sites (tertiary alicyclic amines) is 1. The molecule has 3 rings (SSSR count). The number of hydrogen-bond donors (Lipinski definition) is 1. The van der Waals surface area contributed by atoms with E-state index in [1.165, 1.54) is 4.90 Å². The molecule has 2 aliphatic rings. The highest BCUT2D eigenvalue weighted by atomic mass is 16.7. The Hall–Kier alpha value is -2.61. The van der Waals surface area contributed by atoms with Crippen molar-refractivity contribution in [3.05, 3.63) is 35.9 Å². The molecule has 8 nitrogen and oxygen atoms in total. The fraction of sp³-hybridized carbons (Fsp3) is 0.571. The summed E-state index contributed by atoms with van der Waals surface area (Å²) in [4.78, 5) is 38.4. The molecule has 0 aromatic heterocycles. The first kappa shape index (κ1) is 21.1. The summed E-state index contributed by atoms with van der Waals surface area (Å²) < 4.78 is 16.3. The van der Waals surface area contributed by atoms with Crippen molar-refractivity contribution in [2.75, 3.05) is 6.54 Å². The molecule has 2 saturated heterocycles. The maximum atomic E-state index is 12.8. The summed E-state index contributed by atoms with van der Waals surface area (Å²) in [6.07, 6.45) is -0.0773. The lowest BCUT2D eigenvalue weighted by molar-refractivity contribution is -0.168. The highest BCUT2D eigenvalue weighted by Crippen LogP contribution is 2.23. The van der Waals surface area contributed by atoms with Crippen LogP contribution in [0.15, 0.2) is 30.3 Å². The van der Waals surface area contributed by atoms with Crippen LogP contribution in [0.3, 0.4) is 0 Å². The first-order valence-electron chi connectivity index (χ1n) is 9.88. The number of esters is 1. The van der Waals surface area contributed by atoms with E-state index >= 15 is 0 Å². The molecule has 2 unspecified atom stereocenters. The molecule has 0 radical (unpaired) electrons. The van der Waals surface area contributed by atoms with E-state index in [0.29, 0.717) is 19.4 Å². The van der Waals surface area contributed by atoms with Gasteiger partial charge in [0, 0.05) is 6.54 Å². The number of cyclic esters (lactones) is 1. The van der Waals surface area contributed by atoms with Crippen molar-refractivity contribution in [2.45, 2.75) is 70.6 Å². The van der Waals surface area contributed by atoms with Crippen LogP contribution in [0.1, 0.15) is 45.6 Å². The molecule has 0 bridgehead atoms. The van der Waals surface area contributed by atoms with E-state index in [2.05, 4.69) is 5.32 Å². The number of nitrogens with one attached hydrogen (secondary N) is 1. The molecule has 0 saturated carbocycles. The van der Waals surface area contributed by atoms with Gasteiger partial charge in [0.1, 0.15) is 17.7 Å². The fourth-order valence-electron chi connectivity index (χ4n) is 3.41. The van der Waals surface area contributed by atoms with E-state index in [0.717, 1.165) is 5.56 Å². The summed E-state index contributed by atoms with van der Waals surface area (Å²) in [7, 11) is 0. The molecule has 2 aliphatic heterocycles. The molecule has 2 fully saturated rings. The summed E-state index contributed by atoms with van der Waals surface area (Å²) in [6.45, 7) is 6.07. The molecule has 0 aliphatic carbocycles. The Morgan fingerprint density at radius 1 is 1.24 bits per heavy atom. The number of amides is 2. The van der Waals surface area contributed by atoms with Gasteiger partial charge in [-0.3, -0.25) is 14.5 Å². The number of benzene rings is 1. The molecule has 29 heavy (non-hydrogen) atoms. The second kappa shape index (κ2) is 8.82. The number of carbonyl (C=O) groups is 3. The van der Waals surface area contributed by atoms with Gasteiger partial charge in [-0.2, -0.15) is 0 Å². The van der Waals surface area contributed by atoms with Crippen LogP contribution in [0.5, 0.6) is 0 Å². The summed E-state index contributed by atoms with van der Waals surface area (Å²) in [5.74, 6) is -0.756. The van der Waals surface area contributed by atoms with Gasteiger partial charge >= 0.3 is 12.1 Å². The minimum absolute atomic E-state index is 0.0321. The van der Waals surface area contributed by atoms with Crippen LogP contribution >= 0.6 is 0 Å². The van der Waals surface area contributed by atoms with Gasteiger partial charge in [0.25, 0.3) is 0 Å². The molecular formula is C21H28N2O6. The third-order valence-electron chi connectivity index (χ3n) is 4.73. The van der Waals surface area contributed by atoms with Crippen molar-refractivity contribution < 1.29 is 28.6 Å². The van der Waals surface area contributed by atoms with Gasteiger partial charge in [-0.1, -0.05) is 30.3 Å². The zero-order valence-electron chi connectivity index (χ0n) is 17.1. The van der Waals surface area contributed by atoms with Crippen molar-refractivity contribution in [1.29, 1.82) is 0 Å². The van der Waals surface area contributed by atoms with E-state index < -0.39 is 36.0 Å². The number of carbonyl (C=O) groups excluding carboxylic acids is 3. The summed E-state index contributed by atoms with van der Waals surface area (Å²) in [6, 6.07) is 8.27. The Balaban J connectivity index is 1.58. The van der Waals surface area contributed by atoms with Gasteiger partial charge in [0.2, 0.25) is 12.2 Å². The van der Waals surface area contributed by atoms with Gasteiger partial charge in [-0.15, -0.1) is 0 Å². The van der Waals surface area contributed by atoms with Crippen molar-refractivity contribution in [3.8, 4) is 0 Å². The summed E-state index contributed by atoms with van der Waals surface area (Å²) >= 11 is 0. The minimum atomic E-state index is -0.858. The number of rotatable bonds is 5. The van der Waals surface area contributed by atoms with E-state index in [1.807, 2.05) is 30.3 Å². The molecule has 8 heteroatoms. The lowest BCUT2D eigenvalue weighted by Gasteiger charge is -2.29. The first-order chi connectivity index (χ1) is 13.7. The summed E-state index contributed by atoms with van der Waals surface area (Å²) in [5, 5.41) is 2.83. The van der Waals surface area contributed by atoms with E-state index in [-0.39, 0.29) is 18.9 Å². The average molecular weight is 404 g/mol. The Kier molecular flexibility index (Phi) is 6.42. The predicted molar refractivity (Wildman–Crippen MR) is 104 cm³/mol. The Bertz CT molecular complexity index is 745. The van der Waals surface area contributed by atoms with Crippen molar-refractivity contribution in [2.24, 2.45) is 0 Å². The van der Waals surface area contributed by atoms with Crippen molar-refractivity contribution in [1.82, 2.24) is 10.2 Å². The van der Waals surface area contributed by atoms with Crippen molar-refractivity contribution in [3.63, 3.8) is 0 Å². The van der Waals surface area contributed by atoms with Gasteiger partial charge in [-0.05, 0) is 39.2 Å². The van der Waals surface area contributed by atoms with E-state index in [9.17, 15) is 14.4 Å². The molecule has 3 atom stereocenters. The van der Waals surface area contributed by atoms with Crippen molar-refractivity contribution >= 4 is 18.0 Å². The quantitative estimate of drug-likeness (QED) is 0.757. The predicted octanol–water partition coefficient (Wildman–Crippen LogP) is 2.36. The largest absolute Gasteiger partial charge is 0.444 e. The highest BCUT2D eigenvalue weighted by Gasteiger charge is 2.41. The van der Waals surface area contributed by atoms with E-state index in [4.69, 9.17) is 14.2 Å². The second-order valence-electron chi connectivity index (χ2n) is 8.31. The smallest absolute Gasteiger partial charge is 0.410 e. The number of nitrogens with zero attached hydrogens (tertiary/aromatic N) is 1. The first-order valence-corrected chi connectivity index (χ1v) is 9.88. The Labute approximate surface area is 170 Å². The molecule has 0 spiro atoms. The SMILES string of the molecule is CC(C)(C)OC(=O)N1CCCC1C(=O)NC1CC(=O)O[C@H]1OCc1ccccc1.